The molecule has 1 amide bonds. The Morgan fingerprint density at radius 3 is 2.73 bits per heavy atom. The summed E-state index contributed by atoms with van der Waals surface area (Å²) in [6.45, 7) is 0.893. The fraction of sp³-hybridized carbons (Fsp3) is 0.190. The summed E-state index contributed by atoms with van der Waals surface area (Å²) in [5.41, 5.74) is 1.70. The largest absolute Gasteiger partial charge is 0.424 e. The minimum Gasteiger partial charge on any atom is -0.424 e. The smallest absolute Gasteiger partial charge is 0.316 e. The van der Waals surface area contributed by atoms with E-state index in [0.29, 0.717) is 24.4 Å². The van der Waals surface area contributed by atoms with E-state index in [-0.39, 0.29) is 18.3 Å². The van der Waals surface area contributed by atoms with E-state index in [9.17, 15) is 9.59 Å². The average Bonchev–Trinajstić information content (AvgIpc) is 3.03. The molecule has 1 aliphatic heterocycles. The number of para-hydroxylation sites is 1. The van der Waals surface area contributed by atoms with Crippen molar-refractivity contribution in [3.63, 3.8) is 0 Å². The lowest BCUT2D eigenvalue weighted by Gasteiger charge is -2.16. The number of pyridine rings is 1. The molecule has 1 atom stereocenters. The summed E-state index contributed by atoms with van der Waals surface area (Å²) in [7, 11) is 0. The van der Waals surface area contributed by atoms with Crippen molar-refractivity contribution in [2.45, 2.75) is 13.0 Å². The molecule has 0 radical (unpaired) electrons. The van der Waals surface area contributed by atoms with Gasteiger partial charge in [0.1, 0.15) is 5.52 Å². The highest BCUT2D eigenvalue weighted by molar-refractivity contribution is 5.90. The van der Waals surface area contributed by atoms with Crippen molar-refractivity contribution in [3.8, 4) is 5.75 Å². The van der Waals surface area contributed by atoms with Gasteiger partial charge in [0.25, 0.3) is 0 Å². The van der Waals surface area contributed by atoms with Crippen molar-refractivity contribution in [1.29, 1.82) is 0 Å². The molecule has 26 heavy (non-hydrogen) atoms. The van der Waals surface area contributed by atoms with Gasteiger partial charge in [-0.3, -0.25) is 14.6 Å². The number of hydrogen-bond acceptors (Lipinski definition) is 4. The molecule has 0 spiro atoms. The van der Waals surface area contributed by atoms with Gasteiger partial charge in [-0.25, -0.2) is 0 Å². The number of carbonyl (C=O) groups excluding carboxylic acids is 2. The molecule has 1 aliphatic rings. The third-order valence-electron chi connectivity index (χ3n) is 4.57. The lowest BCUT2D eigenvalue weighted by atomic mass is 10.1. The number of benzene rings is 2. The Hall–Kier alpha value is -3.21. The second-order valence-corrected chi connectivity index (χ2v) is 6.41. The Morgan fingerprint density at radius 2 is 1.88 bits per heavy atom. The molecule has 1 aromatic heterocycles. The summed E-state index contributed by atoms with van der Waals surface area (Å²) in [4.78, 5) is 30.8. The van der Waals surface area contributed by atoms with Crippen LogP contribution in [-0.4, -0.2) is 28.3 Å². The van der Waals surface area contributed by atoms with Crippen LogP contribution in [-0.2, 0) is 16.1 Å². The van der Waals surface area contributed by atoms with E-state index in [0.717, 1.165) is 10.9 Å². The van der Waals surface area contributed by atoms with Gasteiger partial charge in [0.15, 0.2) is 5.75 Å². The van der Waals surface area contributed by atoms with Crippen LogP contribution in [0.15, 0.2) is 66.9 Å². The highest BCUT2D eigenvalue weighted by atomic mass is 16.5. The number of ether oxygens (including phenoxy) is 1. The van der Waals surface area contributed by atoms with Gasteiger partial charge >= 0.3 is 5.97 Å². The number of esters is 1. The van der Waals surface area contributed by atoms with E-state index in [1.807, 2.05) is 54.6 Å². The van der Waals surface area contributed by atoms with Crippen molar-refractivity contribution in [3.05, 3.63) is 72.4 Å². The first-order valence-corrected chi connectivity index (χ1v) is 8.58. The van der Waals surface area contributed by atoms with Crippen molar-refractivity contribution in [2.24, 2.45) is 5.92 Å². The predicted molar refractivity (Wildman–Crippen MR) is 97.3 cm³/mol. The fourth-order valence-electron chi connectivity index (χ4n) is 3.24. The topological polar surface area (TPSA) is 59.5 Å². The quantitative estimate of drug-likeness (QED) is 0.538. The molecule has 2 aromatic carbocycles. The van der Waals surface area contributed by atoms with Gasteiger partial charge in [0.2, 0.25) is 5.91 Å². The van der Waals surface area contributed by atoms with Crippen LogP contribution in [0, 0.1) is 5.92 Å². The molecule has 0 bridgehead atoms. The summed E-state index contributed by atoms with van der Waals surface area (Å²) < 4.78 is 5.58. The van der Waals surface area contributed by atoms with Crippen LogP contribution in [0.1, 0.15) is 12.0 Å². The summed E-state index contributed by atoms with van der Waals surface area (Å²) in [5, 5.41) is 0.908. The van der Waals surface area contributed by atoms with E-state index >= 15 is 0 Å². The monoisotopic (exact) mass is 346 g/mol. The van der Waals surface area contributed by atoms with Crippen LogP contribution < -0.4 is 4.74 Å². The number of rotatable bonds is 4. The maximum absolute atomic E-state index is 12.6. The Morgan fingerprint density at radius 1 is 1.08 bits per heavy atom. The predicted octanol–water partition coefficient (Wildman–Crippen LogP) is 3.19. The first kappa shape index (κ1) is 16.3. The van der Waals surface area contributed by atoms with Crippen LogP contribution in [0.4, 0.5) is 0 Å². The van der Waals surface area contributed by atoms with Gasteiger partial charge < -0.3 is 9.64 Å². The molecule has 4 rings (SSSR count). The van der Waals surface area contributed by atoms with E-state index < -0.39 is 5.92 Å². The summed E-state index contributed by atoms with van der Waals surface area (Å²) in [6, 6.07) is 19.0. The molecule has 5 nitrogen and oxygen atoms in total. The van der Waals surface area contributed by atoms with E-state index in [2.05, 4.69) is 4.98 Å². The molecule has 0 N–H and O–H groups in total. The zero-order valence-electron chi connectivity index (χ0n) is 14.2. The van der Waals surface area contributed by atoms with E-state index in [4.69, 9.17) is 4.74 Å². The zero-order chi connectivity index (χ0) is 17.9. The van der Waals surface area contributed by atoms with Gasteiger partial charge in [-0.2, -0.15) is 0 Å². The van der Waals surface area contributed by atoms with Gasteiger partial charge in [-0.15, -0.1) is 0 Å². The molecule has 2 heterocycles. The maximum Gasteiger partial charge on any atom is 0.316 e. The average molecular weight is 346 g/mol. The van der Waals surface area contributed by atoms with Gasteiger partial charge in [-0.05, 0) is 17.7 Å². The number of hydrogen-bond donors (Lipinski definition) is 0. The van der Waals surface area contributed by atoms with Crippen LogP contribution >= 0.6 is 0 Å². The van der Waals surface area contributed by atoms with E-state index in [1.165, 1.54) is 0 Å². The lowest BCUT2D eigenvalue weighted by molar-refractivity contribution is -0.139. The number of likely N-dealkylation sites (tertiary alicyclic amines) is 1. The third kappa shape index (κ3) is 3.28. The highest BCUT2D eigenvalue weighted by Gasteiger charge is 2.35. The number of carbonyl (C=O) groups is 2. The third-order valence-corrected chi connectivity index (χ3v) is 4.57. The fourth-order valence-corrected chi connectivity index (χ4v) is 3.24. The van der Waals surface area contributed by atoms with Crippen LogP contribution in [0.3, 0.4) is 0 Å². The number of aromatic nitrogens is 1. The van der Waals surface area contributed by atoms with Crippen molar-refractivity contribution >= 4 is 22.8 Å². The molecule has 0 saturated carbocycles. The Balaban J connectivity index is 1.46. The van der Waals surface area contributed by atoms with Crippen molar-refractivity contribution < 1.29 is 14.3 Å². The number of fused-ring (bicyclic) bond motifs is 1. The number of nitrogens with zero attached hydrogens (tertiary/aromatic N) is 2. The SMILES string of the molecule is O=C(Oc1cccc2cccnc12)[C@@H]1CC(=O)N(Cc2ccccc2)C1. The molecule has 0 aliphatic carbocycles. The molecule has 5 heteroatoms. The Bertz CT molecular complexity index is 950. The van der Waals surface area contributed by atoms with Gasteiger partial charge in [0, 0.05) is 31.1 Å². The standard InChI is InChI=1S/C21H18N2O3/c24-19-12-17(14-23(19)13-15-6-2-1-3-7-15)21(25)26-18-10-4-8-16-9-5-11-22-20(16)18/h1-11,17H,12-14H2/t17-/m1/s1. The molecule has 1 fully saturated rings. The first-order valence-electron chi connectivity index (χ1n) is 8.58. The molecular formula is C21H18N2O3. The van der Waals surface area contributed by atoms with Gasteiger partial charge in [-0.1, -0.05) is 48.5 Å². The minimum atomic E-state index is -0.454. The maximum atomic E-state index is 12.6. The summed E-state index contributed by atoms with van der Waals surface area (Å²) in [6.07, 6.45) is 1.85. The lowest BCUT2D eigenvalue weighted by Crippen LogP contribution is -2.27. The molecular weight excluding hydrogens is 328 g/mol. The Kier molecular flexibility index (Phi) is 4.35. The van der Waals surface area contributed by atoms with Crippen LogP contribution in [0.25, 0.3) is 10.9 Å². The minimum absolute atomic E-state index is 0.0214. The zero-order valence-corrected chi connectivity index (χ0v) is 14.2. The second kappa shape index (κ2) is 6.96. The van der Waals surface area contributed by atoms with Crippen LogP contribution in [0.2, 0.25) is 0 Å². The van der Waals surface area contributed by atoms with Crippen LogP contribution in [0.5, 0.6) is 5.75 Å². The van der Waals surface area contributed by atoms with Crippen molar-refractivity contribution in [2.75, 3.05) is 6.54 Å². The normalized spacial score (nSPS) is 16.8. The molecule has 1 saturated heterocycles. The Labute approximate surface area is 151 Å². The molecule has 3 aromatic rings. The second-order valence-electron chi connectivity index (χ2n) is 6.41. The summed E-state index contributed by atoms with van der Waals surface area (Å²) in [5.74, 6) is -0.425. The first-order chi connectivity index (χ1) is 12.7. The highest BCUT2D eigenvalue weighted by Crippen LogP contribution is 2.26. The number of amides is 1. The molecule has 0 unspecified atom stereocenters. The summed E-state index contributed by atoms with van der Waals surface area (Å²) >= 11 is 0. The van der Waals surface area contributed by atoms with Gasteiger partial charge in [0.05, 0.1) is 5.92 Å². The van der Waals surface area contributed by atoms with Crippen molar-refractivity contribution in [1.82, 2.24) is 9.88 Å². The van der Waals surface area contributed by atoms with E-state index in [1.54, 1.807) is 17.2 Å². The molecule has 130 valence electrons.